The van der Waals surface area contributed by atoms with Crippen molar-refractivity contribution in [2.75, 3.05) is 24.3 Å². The molecule has 0 radical (unpaired) electrons. The first-order chi connectivity index (χ1) is 15.1. The summed E-state index contributed by atoms with van der Waals surface area (Å²) in [5, 5.41) is 22.0. The molecule has 2 aromatic carbocycles. The summed E-state index contributed by atoms with van der Waals surface area (Å²) >= 11 is 0. The molecule has 0 aliphatic heterocycles. The van der Waals surface area contributed by atoms with Gasteiger partial charge in [-0.25, -0.2) is 17.2 Å². The lowest BCUT2D eigenvalue weighted by molar-refractivity contribution is 0.385. The Kier molecular flexibility index (Phi) is 5.41. The molecule has 0 bridgehead atoms. The number of fused-ring (bicyclic) bond motifs is 2. The summed E-state index contributed by atoms with van der Waals surface area (Å²) in [6.45, 7) is -0.923. The van der Waals surface area contributed by atoms with Gasteiger partial charge in [0, 0.05) is 30.2 Å². The maximum atomic E-state index is 13.2. The molecule has 7 nitrogen and oxygen atoms in total. The van der Waals surface area contributed by atoms with Gasteiger partial charge in [-0.1, -0.05) is 12.1 Å². The average molecular weight is 461 g/mol. The maximum Gasteiger partial charge on any atom is 0.232 e. The molecule has 2 N–H and O–H groups in total. The van der Waals surface area contributed by atoms with E-state index in [2.05, 4.69) is 4.98 Å². The summed E-state index contributed by atoms with van der Waals surface area (Å²) in [7, 11) is -2.37. The molecular weight excluding hydrogens is 440 g/mol. The van der Waals surface area contributed by atoms with Crippen molar-refractivity contribution in [3.8, 4) is 11.6 Å². The molecule has 0 amide bonds. The van der Waals surface area contributed by atoms with Gasteiger partial charge in [-0.05, 0) is 35.7 Å². The van der Waals surface area contributed by atoms with Gasteiger partial charge >= 0.3 is 0 Å². The van der Waals surface area contributed by atoms with Crippen molar-refractivity contribution >= 4 is 37.4 Å². The van der Waals surface area contributed by atoms with Gasteiger partial charge in [0.05, 0.1) is 23.9 Å². The van der Waals surface area contributed by atoms with E-state index in [1.165, 1.54) is 36.1 Å². The lowest BCUT2D eigenvalue weighted by atomic mass is 10.0. The number of alkyl halides is 1. The third-order valence-corrected chi connectivity index (χ3v) is 6.60. The van der Waals surface area contributed by atoms with Gasteiger partial charge in [-0.15, -0.1) is 0 Å². The second-order valence-corrected chi connectivity index (χ2v) is 9.61. The molecule has 0 unspecified atom stereocenters. The Labute approximate surface area is 183 Å². The van der Waals surface area contributed by atoms with Gasteiger partial charge in [0.2, 0.25) is 15.9 Å². The van der Waals surface area contributed by atoms with Crippen molar-refractivity contribution in [3.63, 3.8) is 0 Å². The zero-order valence-electron chi connectivity index (χ0n) is 17.4. The number of pyridine rings is 1. The first-order valence-electron chi connectivity index (χ1n) is 9.71. The van der Waals surface area contributed by atoms with Crippen molar-refractivity contribution in [3.05, 3.63) is 59.7 Å². The van der Waals surface area contributed by atoms with Crippen molar-refractivity contribution in [1.29, 1.82) is 0 Å². The Morgan fingerprint density at radius 1 is 1.12 bits per heavy atom. The minimum absolute atomic E-state index is 0.00441. The van der Waals surface area contributed by atoms with Gasteiger partial charge in [0.1, 0.15) is 18.0 Å². The van der Waals surface area contributed by atoms with Crippen LogP contribution in [0.25, 0.3) is 21.7 Å². The topological polar surface area (TPSA) is 95.7 Å². The Morgan fingerprint density at radius 3 is 2.44 bits per heavy atom. The number of sulfonamides is 1. The van der Waals surface area contributed by atoms with Crippen LogP contribution in [0.15, 0.2) is 42.7 Å². The number of nitrogens with zero attached hydrogens (tertiary/aromatic N) is 3. The first-order valence-corrected chi connectivity index (χ1v) is 11.6. The zero-order valence-corrected chi connectivity index (χ0v) is 18.2. The molecule has 0 saturated carbocycles. The highest BCUT2D eigenvalue weighted by molar-refractivity contribution is 7.92. The molecule has 2 aromatic heterocycles. The van der Waals surface area contributed by atoms with E-state index in [1.54, 1.807) is 18.2 Å². The normalized spacial score (nSPS) is 12.0. The predicted molar refractivity (Wildman–Crippen MR) is 119 cm³/mol. The van der Waals surface area contributed by atoms with Crippen molar-refractivity contribution < 1.29 is 27.4 Å². The fourth-order valence-electron chi connectivity index (χ4n) is 3.80. The summed E-state index contributed by atoms with van der Waals surface area (Å²) in [4.78, 5) is 4.33. The standard InChI is InChI=1S/C22H21F2N3O4S/c1-26(32(2,30)31)20-16-10-14(9-13-3-5-15(24)6-4-13)11-25-19(16)21(28)18-17(20)12-27(8-7-23)22(18)29/h3-6,10-12,28-29H,7-9H2,1-2H3. The fraction of sp³-hybridized carbons (Fsp3) is 0.227. The second kappa shape index (κ2) is 7.94. The lowest BCUT2D eigenvalue weighted by Crippen LogP contribution is -2.25. The number of aryl methyl sites for hydroxylation is 1. The maximum absolute atomic E-state index is 13.2. The summed E-state index contributed by atoms with van der Waals surface area (Å²) < 4.78 is 53.3. The van der Waals surface area contributed by atoms with Crippen LogP contribution in [0.3, 0.4) is 0 Å². The van der Waals surface area contributed by atoms with E-state index in [-0.39, 0.29) is 46.0 Å². The van der Waals surface area contributed by atoms with Crippen LogP contribution in [-0.2, 0) is 23.0 Å². The van der Waals surface area contributed by atoms with Crippen LogP contribution in [0.1, 0.15) is 11.1 Å². The highest BCUT2D eigenvalue weighted by atomic mass is 32.2. The monoisotopic (exact) mass is 461 g/mol. The molecule has 2 heterocycles. The third-order valence-electron chi connectivity index (χ3n) is 5.42. The van der Waals surface area contributed by atoms with E-state index in [1.807, 2.05) is 0 Å². The van der Waals surface area contributed by atoms with E-state index in [0.717, 1.165) is 16.1 Å². The van der Waals surface area contributed by atoms with Crippen LogP contribution in [0.2, 0.25) is 0 Å². The number of aromatic nitrogens is 2. The fourth-order valence-corrected chi connectivity index (χ4v) is 4.33. The molecule has 0 saturated heterocycles. The first kappa shape index (κ1) is 21.8. The van der Waals surface area contributed by atoms with Crippen molar-refractivity contribution in [2.24, 2.45) is 0 Å². The van der Waals surface area contributed by atoms with Gasteiger partial charge < -0.3 is 14.8 Å². The summed E-state index contributed by atoms with van der Waals surface area (Å²) in [5.74, 6) is -1.06. The molecule has 0 atom stereocenters. The van der Waals surface area contributed by atoms with Crippen LogP contribution in [-0.4, -0.2) is 48.2 Å². The smallest absolute Gasteiger partial charge is 0.232 e. The minimum atomic E-state index is -3.73. The number of halogens is 2. The van der Waals surface area contributed by atoms with E-state index < -0.39 is 16.7 Å². The number of phenols is 1. The van der Waals surface area contributed by atoms with Crippen LogP contribution in [0, 0.1) is 5.82 Å². The molecular formula is C22H21F2N3O4S. The summed E-state index contributed by atoms with van der Waals surface area (Å²) in [6.07, 6.45) is 4.37. The molecule has 0 aliphatic rings. The Morgan fingerprint density at radius 2 is 1.81 bits per heavy atom. The van der Waals surface area contributed by atoms with Crippen molar-refractivity contribution in [1.82, 2.24) is 9.55 Å². The SMILES string of the molecule is CN(c1c2cc(Cc3ccc(F)cc3)cnc2c(O)c2c(O)n(CCF)cc12)S(C)(=O)=O. The molecule has 4 aromatic rings. The highest BCUT2D eigenvalue weighted by Crippen LogP contribution is 2.46. The van der Waals surface area contributed by atoms with Crippen LogP contribution in [0.5, 0.6) is 11.6 Å². The van der Waals surface area contributed by atoms with Crippen molar-refractivity contribution in [2.45, 2.75) is 13.0 Å². The van der Waals surface area contributed by atoms with Gasteiger partial charge in [0.25, 0.3) is 0 Å². The third kappa shape index (κ3) is 3.70. The van der Waals surface area contributed by atoms with E-state index in [4.69, 9.17) is 0 Å². The molecule has 168 valence electrons. The Bertz CT molecular complexity index is 1430. The number of phenolic OH excluding ortho intramolecular Hbond substituents is 1. The number of hydrogen-bond donors (Lipinski definition) is 2. The number of anilines is 1. The van der Waals surface area contributed by atoms with E-state index in [9.17, 15) is 27.4 Å². The van der Waals surface area contributed by atoms with E-state index in [0.29, 0.717) is 17.4 Å². The van der Waals surface area contributed by atoms with Crippen LogP contribution >= 0.6 is 0 Å². The summed E-state index contributed by atoms with van der Waals surface area (Å²) in [5.41, 5.74) is 1.83. The van der Waals surface area contributed by atoms with Gasteiger partial charge in [-0.3, -0.25) is 9.29 Å². The average Bonchev–Trinajstić information content (AvgIpc) is 3.05. The molecule has 32 heavy (non-hydrogen) atoms. The van der Waals surface area contributed by atoms with Gasteiger partial charge in [-0.2, -0.15) is 0 Å². The largest absolute Gasteiger partial charge is 0.505 e. The Hall–Kier alpha value is -3.40. The molecule has 0 spiro atoms. The molecule has 4 rings (SSSR count). The number of aromatic hydroxyl groups is 2. The highest BCUT2D eigenvalue weighted by Gasteiger charge is 2.26. The van der Waals surface area contributed by atoms with Crippen LogP contribution in [0.4, 0.5) is 14.5 Å². The van der Waals surface area contributed by atoms with Gasteiger partial charge in [0.15, 0.2) is 5.75 Å². The quantitative estimate of drug-likeness (QED) is 0.457. The van der Waals surface area contributed by atoms with Crippen LogP contribution < -0.4 is 4.31 Å². The van der Waals surface area contributed by atoms with E-state index >= 15 is 0 Å². The Balaban J connectivity index is 2.02. The summed E-state index contributed by atoms with van der Waals surface area (Å²) in [6, 6.07) is 7.67. The predicted octanol–water partition coefficient (Wildman–Crippen LogP) is 3.70. The molecule has 10 heteroatoms. The molecule has 0 fully saturated rings. The zero-order chi connectivity index (χ0) is 23.2. The number of hydrogen-bond acceptors (Lipinski definition) is 5. The molecule has 0 aliphatic carbocycles. The number of rotatable bonds is 6. The number of benzene rings is 2. The minimum Gasteiger partial charge on any atom is -0.505 e. The second-order valence-electron chi connectivity index (χ2n) is 7.59. The lowest BCUT2D eigenvalue weighted by Gasteiger charge is -2.21.